The van der Waals surface area contributed by atoms with E-state index in [2.05, 4.69) is 15.8 Å². The molecule has 1 unspecified atom stereocenters. The molecule has 0 aromatic rings. The van der Waals surface area contributed by atoms with Crippen molar-refractivity contribution in [3.63, 3.8) is 0 Å². The van der Waals surface area contributed by atoms with Gasteiger partial charge in [-0.15, -0.1) is 0 Å². The third kappa shape index (κ3) is 11.8. The number of ether oxygens (including phenoxy) is 2. The number of unbranched alkanes of at least 4 members (excludes halogenated alkanes) is 12. The van der Waals surface area contributed by atoms with Crippen LogP contribution in [0.25, 0.3) is 0 Å². The zero-order valence-electron chi connectivity index (χ0n) is 19.0. The minimum absolute atomic E-state index is 0.208. The Labute approximate surface area is 193 Å². The summed E-state index contributed by atoms with van der Waals surface area (Å²) in [6, 6.07) is 0. The van der Waals surface area contributed by atoms with E-state index in [0.29, 0.717) is 6.42 Å². The molecule has 0 bridgehead atoms. The maximum absolute atomic E-state index is 11.8. The van der Waals surface area contributed by atoms with Crippen molar-refractivity contribution in [2.24, 2.45) is 0 Å². The van der Waals surface area contributed by atoms with Crippen LogP contribution in [0.5, 0.6) is 0 Å². The third-order valence-electron chi connectivity index (χ3n) is 5.33. The van der Waals surface area contributed by atoms with Crippen LogP contribution in [0.4, 0.5) is 0 Å². The SMILES string of the molecule is CCCCCCCCCCCCCCCC(=O)OC[C@H](O)[C@H]1OC(=O)C(O)=C1OS(=O)O. The summed E-state index contributed by atoms with van der Waals surface area (Å²) in [7, 11) is 0. The van der Waals surface area contributed by atoms with Gasteiger partial charge in [-0.2, -0.15) is 4.21 Å². The van der Waals surface area contributed by atoms with E-state index in [1.807, 2.05) is 0 Å². The van der Waals surface area contributed by atoms with Crippen LogP contribution in [0.3, 0.4) is 0 Å². The summed E-state index contributed by atoms with van der Waals surface area (Å²) in [6.07, 6.45) is 12.7. The summed E-state index contributed by atoms with van der Waals surface area (Å²) in [6.45, 7) is 1.72. The van der Waals surface area contributed by atoms with Crippen molar-refractivity contribution in [1.29, 1.82) is 0 Å². The molecule has 0 amide bonds. The molecule has 0 saturated heterocycles. The van der Waals surface area contributed by atoms with Crippen LogP contribution in [0.1, 0.15) is 96.8 Å². The monoisotopic (exact) mass is 478 g/mol. The number of hydrogen-bond donors (Lipinski definition) is 3. The molecule has 186 valence electrons. The van der Waals surface area contributed by atoms with Gasteiger partial charge in [0.25, 0.3) is 0 Å². The molecule has 3 N–H and O–H groups in total. The van der Waals surface area contributed by atoms with Gasteiger partial charge in [0.1, 0.15) is 12.7 Å². The van der Waals surface area contributed by atoms with Crippen molar-refractivity contribution >= 4 is 23.3 Å². The zero-order chi connectivity index (χ0) is 23.8. The predicted octanol–water partition coefficient (Wildman–Crippen LogP) is 4.22. The molecule has 32 heavy (non-hydrogen) atoms. The number of aliphatic hydroxyl groups excluding tert-OH is 2. The first-order valence-electron chi connectivity index (χ1n) is 11.6. The van der Waals surface area contributed by atoms with E-state index >= 15 is 0 Å². The largest absolute Gasteiger partial charge is 0.499 e. The van der Waals surface area contributed by atoms with E-state index in [-0.39, 0.29) is 6.42 Å². The smallest absolute Gasteiger partial charge is 0.378 e. The molecule has 0 aromatic heterocycles. The van der Waals surface area contributed by atoms with Crippen LogP contribution in [0.2, 0.25) is 0 Å². The minimum Gasteiger partial charge on any atom is -0.499 e. The Balaban J connectivity index is 2.06. The van der Waals surface area contributed by atoms with E-state index in [4.69, 9.17) is 9.29 Å². The van der Waals surface area contributed by atoms with Gasteiger partial charge in [0.05, 0.1) is 0 Å². The molecule has 1 heterocycles. The van der Waals surface area contributed by atoms with Gasteiger partial charge in [-0.1, -0.05) is 84.0 Å². The van der Waals surface area contributed by atoms with Crippen LogP contribution in [0, 0.1) is 0 Å². The van der Waals surface area contributed by atoms with Gasteiger partial charge in [0.2, 0.25) is 11.5 Å². The Kier molecular flexibility index (Phi) is 15.0. The number of hydrogen-bond acceptors (Lipinski definition) is 8. The lowest BCUT2D eigenvalue weighted by Crippen LogP contribution is -2.34. The van der Waals surface area contributed by atoms with Crippen LogP contribution in [-0.4, -0.2) is 49.7 Å². The van der Waals surface area contributed by atoms with Gasteiger partial charge >= 0.3 is 23.3 Å². The molecule has 0 aromatic carbocycles. The first-order chi connectivity index (χ1) is 15.4. The molecule has 0 fully saturated rings. The Hall–Kier alpha value is -1.65. The Morgan fingerprint density at radius 3 is 2.00 bits per heavy atom. The van der Waals surface area contributed by atoms with Gasteiger partial charge in [-0.25, -0.2) is 4.79 Å². The average molecular weight is 479 g/mol. The molecule has 0 aliphatic carbocycles. The topological polar surface area (TPSA) is 140 Å². The molecular formula is C22H38O9S. The molecule has 3 atom stereocenters. The van der Waals surface area contributed by atoms with Crippen molar-refractivity contribution in [3.8, 4) is 0 Å². The van der Waals surface area contributed by atoms with Crippen molar-refractivity contribution in [1.82, 2.24) is 0 Å². The molecule has 1 rings (SSSR count). The second-order valence-electron chi connectivity index (χ2n) is 8.08. The summed E-state index contributed by atoms with van der Waals surface area (Å²) in [5.74, 6) is -3.38. The van der Waals surface area contributed by atoms with Gasteiger partial charge in [0.15, 0.2) is 6.10 Å². The molecule has 0 radical (unpaired) electrons. The van der Waals surface area contributed by atoms with Crippen molar-refractivity contribution in [2.75, 3.05) is 6.61 Å². The Morgan fingerprint density at radius 1 is 1.00 bits per heavy atom. The fraction of sp³-hybridized carbons (Fsp3) is 0.818. The summed E-state index contributed by atoms with van der Waals surface area (Å²) in [5.41, 5.74) is 0. The molecule has 1 aliphatic heterocycles. The first-order valence-corrected chi connectivity index (χ1v) is 12.7. The fourth-order valence-corrected chi connectivity index (χ4v) is 3.83. The maximum atomic E-state index is 11.8. The summed E-state index contributed by atoms with van der Waals surface area (Å²) in [5, 5.41) is 19.5. The molecule has 1 aliphatic rings. The van der Waals surface area contributed by atoms with Gasteiger partial charge < -0.3 is 23.9 Å². The van der Waals surface area contributed by atoms with E-state index in [9.17, 15) is 24.0 Å². The van der Waals surface area contributed by atoms with Crippen molar-refractivity contribution in [2.45, 2.75) is 109 Å². The summed E-state index contributed by atoms with van der Waals surface area (Å²) in [4.78, 5) is 23.2. The highest BCUT2D eigenvalue weighted by atomic mass is 32.2. The van der Waals surface area contributed by atoms with Crippen molar-refractivity contribution < 1.29 is 42.2 Å². The molecule has 10 heteroatoms. The van der Waals surface area contributed by atoms with Gasteiger partial charge in [0, 0.05) is 6.42 Å². The Bertz CT molecular complexity index is 621. The number of aliphatic hydroxyl groups is 2. The van der Waals surface area contributed by atoms with E-state index in [1.54, 1.807) is 0 Å². The fourth-order valence-electron chi connectivity index (χ4n) is 3.50. The maximum Gasteiger partial charge on any atom is 0.378 e. The third-order valence-corrected chi connectivity index (χ3v) is 5.65. The van der Waals surface area contributed by atoms with E-state index in [0.717, 1.165) is 19.3 Å². The highest BCUT2D eigenvalue weighted by Gasteiger charge is 2.42. The number of carbonyl (C=O) groups excluding carboxylic acids is 2. The normalized spacial score (nSPS) is 17.8. The Morgan fingerprint density at radius 2 is 1.50 bits per heavy atom. The molecule has 0 spiro atoms. The van der Waals surface area contributed by atoms with Crippen LogP contribution >= 0.6 is 0 Å². The van der Waals surface area contributed by atoms with Crippen LogP contribution < -0.4 is 0 Å². The standard InChI is InChI=1S/C22H38O9S/c1-2-3-4-5-6-7-8-9-10-11-12-13-14-15-18(24)29-16-17(23)20-21(31-32(27)28)19(25)22(26)30-20/h17,20,23,25H,2-16H2,1H3,(H,27,28)/t17-,20+/m0/s1. The zero-order valence-corrected chi connectivity index (χ0v) is 19.8. The number of carbonyl (C=O) groups is 2. The number of rotatable bonds is 19. The highest BCUT2D eigenvalue weighted by Crippen LogP contribution is 2.25. The van der Waals surface area contributed by atoms with E-state index in [1.165, 1.54) is 57.8 Å². The lowest BCUT2D eigenvalue weighted by molar-refractivity contribution is -0.154. The second kappa shape index (κ2) is 16.9. The molecule has 0 saturated carbocycles. The molecule has 9 nitrogen and oxygen atoms in total. The van der Waals surface area contributed by atoms with Crippen LogP contribution in [0.15, 0.2) is 11.5 Å². The average Bonchev–Trinajstić information content (AvgIpc) is 3.03. The van der Waals surface area contributed by atoms with Crippen LogP contribution in [-0.2, 0) is 34.6 Å². The minimum atomic E-state index is -2.82. The number of esters is 2. The summed E-state index contributed by atoms with van der Waals surface area (Å²) >= 11 is -2.82. The van der Waals surface area contributed by atoms with Gasteiger partial charge in [-0.05, 0) is 6.42 Å². The predicted molar refractivity (Wildman–Crippen MR) is 119 cm³/mol. The van der Waals surface area contributed by atoms with Gasteiger partial charge in [-0.3, -0.25) is 9.35 Å². The molecular weight excluding hydrogens is 440 g/mol. The number of cyclic esters (lactones) is 1. The quantitative estimate of drug-likeness (QED) is 0.141. The lowest BCUT2D eigenvalue weighted by Gasteiger charge is -2.18. The second-order valence-corrected chi connectivity index (χ2v) is 8.68. The van der Waals surface area contributed by atoms with Crippen molar-refractivity contribution in [3.05, 3.63) is 11.5 Å². The highest BCUT2D eigenvalue weighted by molar-refractivity contribution is 7.74. The van der Waals surface area contributed by atoms with E-state index < -0.39 is 53.6 Å². The summed E-state index contributed by atoms with van der Waals surface area (Å²) < 4.78 is 33.6. The lowest BCUT2D eigenvalue weighted by atomic mass is 10.0. The first kappa shape index (κ1) is 28.4.